The monoisotopic (exact) mass is 263 g/mol. The molecule has 0 radical (unpaired) electrons. The molecule has 1 N–H and O–H groups in total. The summed E-state index contributed by atoms with van der Waals surface area (Å²) in [6.07, 6.45) is 4.33. The van der Waals surface area contributed by atoms with Crippen LogP contribution in [0.3, 0.4) is 0 Å². The van der Waals surface area contributed by atoms with Crippen molar-refractivity contribution in [3.05, 3.63) is 35.7 Å². The van der Waals surface area contributed by atoms with Crippen LogP contribution >= 0.6 is 0 Å². The molecule has 0 aromatic carbocycles. The Hall–Kier alpha value is -2.44. The predicted molar refractivity (Wildman–Crippen MR) is 63.8 cm³/mol. The molecule has 0 amide bonds. The SMILES string of the molecule is CCCc1nc(COc2cncc(C(=O)O)c2)no1. The fourth-order valence-corrected chi connectivity index (χ4v) is 1.43. The van der Waals surface area contributed by atoms with Gasteiger partial charge in [0.25, 0.3) is 0 Å². The number of nitrogens with zero attached hydrogens (tertiary/aromatic N) is 3. The van der Waals surface area contributed by atoms with E-state index in [0.29, 0.717) is 17.5 Å². The molecule has 2 heterocycles. The number of carboxylic acids is 1. The van der Waals surface area contributed by atoms with Gasteiger partial charge in [0.1, 0.15) is 5.75 Å². The van der Waals surface area contributed by atoms with Gasteiger partial charge in [0.15, 0.2) is 6.61 Å². The lowest BCUT2D eigenvalue weighted by Crippen LogP contribution is -2.01. The minimum Gasteiger partial charge on any atom is -0.484 e. The van der Waals surface area contributed by atoms with Crippen LogP contribution < -0.4 is 4.74 Å². The van der Waals surface area contributed by atoms with Crippen LogP contribution in [0.5, 0.6) is 5.75 Å². The Balaban J connectivity index is 1.97. The van der Waals surface area contributed by atoms with Gasteiger partial charge < -0.3 is 14.4 Å². The summed E-state index contributed by atoms with van der Waals surface area (Å²) < 4.78 is 10.4. The summed E-state index contributed by atoms with van der Waals surface area (Å²) in [6.45, 7) is 2.13. The van der Waals surface area contributed by atoms with Crippen LogP contribution in [-0.4, -0.2) is 26.2 Å². The molecule has 100 valence electrons. The molecule has 0 spiro atoms. The number of pyridine rings is 1. The highest BCUT2D eigenvalue weighted by atomic mass is 16.5. The number of hydrogen-bond donors (Lipinski definition) is 1. The lowest BCUT2D eigenvalue weighted by atomic mass is 10.3. The number of ether oxygens (including phenoxy) is 1. The molecule has 0 saturated carbocycles. The second-order valence-corrected chi connectivity index (χ2v) is 3.86. The summed E-state index contributed by atoms with van der Waals surface area (Å²) in [7, 11) is 0. The van der Waals surface area contributed by atoms with Gasteiger partial charge in [0.2, 0.25) is 11.7 Å². The first kappa shape index (κ1) is 13.0. The molecule has 0 saturated heterocycles. The van der Waals surface area contributed by atoms with Gasteiger partial charge in [-0.3, -0.25) is 4.98 Å². The van der Waals surface area contributed by atoms with E-state index in [0.717, 1.165) is 12.8 Å². The van der Waals surface area contributed by atoms with Crippen LogP contribution in [-0.2, 0) is 13.0 Å². The van der Waals surface area contributed by atoms with Crippen molar-refractivity contribution in [2.24, 2.45) is 0 Å². The van der Waals surface area contributed by atoms with Crippen molar-refractivity contribution in [2.45, 2.75) is 26.4 Å². The van der Waals surface area contributed by atoms with Crippen LogP contribution in [0, 0.1) is 0 Å². The Bertz CT molecular complexity index is 568. The zero-order valence-corrected chi connectivity index (χ0v) is 10.4. The minimum absolute atomic E-state index is 0.0669. The maximum Gasteiger partial charge on any atom is 0.337 e. The number of aryl methyl sites for hydroxylation is 1. The molecule has 7 heteroatoms. The molecular weight excluding hydrogens is 250 g/mol. The summed E-state index contributed by atoms with van der Waals surface area (Å²) in [5.41, 5.74) is 0.0669. The third kappa shape index (κ3) is 3.51. The fraction of sp³-hybridized carbons (Fsp3) is 0.333. The molecule has 0 bridgehead atoms. The first-order valence-electron chi connectivity index (χ1n) is 5.81. The lowest BCUT2D eigenvalue weighted by molar-refractivity contribution is 0.0696. The Morgan fingerprint density at radius 3 is 3.05 bits per heavy atom. The standard InChI is InChI=1S/C12H13N3O4/c1-2-3-11-14-10(15-19-11)7-18-9-4-8(12(16)17)5-13-6-9/h4-6H,2-3,7H2,1H3,(H,16,17). The highest BCUT2D eigenvalue weighted by molar-refractivity contribution is 5.87. The topological polar surface area (TPSA) is 98.3 Å². The number of carbonyl (C=O) groups is 1. The second kappa shape index (κ2) is 5.94. The fourth-order valence-electron chi connectivity index (χ4n) is 1.43. The molecule has 7 nitrogen and oxygen atoms in total. The van der Waals surface area contributed by atoms with Crippen LogP contribution in [0.4, 0.5) is 0 Å². The van der Waals surface area contributed by atoms with Crippen LogP contribution in [0.1, 0.15) is 35.4 Å². The molecule has 2 aromatic rings. The quantitative estimate of drug-likeness (QED) is 0.846. The molecule has 2 aromatic heterocycles. The molecule has 0 atom stereocenters. The summed E-state index contributed by atoms with van der Waals surface area (Å²) in [5.74, 6) is 0.284. The van der Waals surface area contributed by atoms with E-state index in [1.807, 2.05) is 6.92 Å². The van der Waals surface area contributed by atoms with E-state index in [1.54, 1.807) is 0 Å². The Kier molecular flexibility index (Phi) is 4.07. The van der Waals surface area contributed by atoms with Crippen molar-refractivity contribution in [2.75, 3.05) is 0 Å². The van der Waals surface area contributed by atoms with Crippen molar-refractivity contribution in [1.29, 1.82) is 0 Å². The first-order valence-corrected chi connectivity index (χ1v) is 5.81. The normalized spacial score (nSPS) is 10.4. The van der Waals surface area contributed by atoms with Gasteiger partial charge in [-0.1, -0.05) is 12.1 Å². The molecule has 0 aliphatic heterocycles. The number of aromatic carboxylic acids is 1. The third-order valence-electron chi connectivity index (χ3n) is 2.30. The summed E-state index contributed by atoms with van der Waals surface area (Å²) >= 11 is 0. The van der Waals surface area contributed by atoms with Gasteiger partial charge in [-0.15, -0.1) is 0 Å². The van der Waals surface area contributed by atoms with Gasteiger partial charge in [0, 0.05) is 12.6 Å². The van der Waals surface area contributed by atoms with Gasteiger partial charge in [0.05, 0.1) is 11.8 Å². The van der Waals surface area contributed by atoms with Crippen molar-refractivity contribution in [1.82, 2.24) is 15.1 Å². The van der Waals surface area contributed by atoms with E-state index >= 15 is 0 Å². The van der Waals surface area contributed by atoms with E-state index in [9.17, 15) is 4.79 Å². The van der Waals surface area contributed by atoms with E-state index in [2.05, 4.69) is 15.1 Å². The molecule has 19 heavy (non-hydrogen) atoms. The van der Waals surface area contributed by atoms with E-state index in [1.165, 1.54) is 18.5 Å². The Morgan fingerprint density at radius 2 is 2.32 bits per heavy atom. The molecule has 0 aliphatic carbocycles. The number of carboxylic acid groups (broad SMARTS) is 1. The number of hydrogen-bond acceptors (Lipinski definition) is 6. The maximum atomic E-state index is 10.8. The van der Waals surface area contributed by atoms with Crippen molar-refractivity contribution >= 4 is 5.97 Å². The summed E-state index contributed by atoms with van der Waals surface area (Å²) in [5, 5.41) is 12.6. The highest BCUT2D eigenvalue weighted by Gasteiger charge is 2.08. The maximum absolute atomic E-state index is 10.8. The lowest BCUT2D eigenvalue weighted by Gasteiger charge is -2.02. The minimum atomic E-state index is -1.05. The largest absolute Gasteiger partial charge is 0.484 e. The molecule has 0 fully saturated rings. The van der Waals surface area contributed by atoms with Crippen molar-refractivity contribution in [3.63, 3.8) is 0 Å². The molecule has 2 rings (SSSR count). The molecule has 0 aliphatic rings. The third-order valence-corrected chi connectivity index (χ3v) is 2.30. The number of aromatic nitrogens is 3. The van der Waals surface area contributed by atoms with Gasteiger partial charge in [-0.05, 0) is 12.5 Å². The zero-order valence-electron chi connectivity index (χ0n) is 10.4. The summed E-state index contributed by atoms with van der Waals surface area (Å²) in [4.78, 5) is 18.7. The van der Waals surface area contributed by atoms with Gasteiger partial charge in [-0.25, -0.2) is 4.79 Å². The number of rotatable bonds is 6. The summed E-state index contributed by atoms with van der Waals surface area (Å²) in [6, 6.07) is 1.39. The van der Waals surface area contributed by atoms with Crippen LogP contribution in [0.2, 0.25) is 0 Å². The Morgan fingerprint density at radius 1 is 1.47 bits per heavy atom. The van der Waals surface area contributed by atoms with Crippen LogP contribution in [0.15, 0.2) is 23.0 Å². The zero-order chi connectivity index (χ0) is 13.7. The van der Waals surface area contributed by atoms with Crippen molar-refractivity contribution < 1.29 is 19.2 Å². The predicted octanol–water partition coefficient (Wildman–Crippen LogP) is 1.69. The average Bonchev–Trinajstić information content (AvgIpc) is 2.85. The van der Waals surface area contributed by atoms with Crippen LogP contribution in [0.25, 0.3) is 0 Å². The van der Waals surface area contributed by atoms with Gasteiger partial charge >= 0.3 is 5.97 Å². The highest BCUT2D eigenvalue weighted by Crippen LogP contribution is 2.13. The smallest absolute Gasteiger partial charge is 0.337 e. The molecule has 0 unspecified atom stereocenters. The Labute approximate surface area is 109 Å². The van der Waals surface area contributed by atoms with E-state index < -0.39 is 5.97 Å². The van der Waals surface area contributed by atoms with E-state index in [-0.39, 0.29) is 12.2 Å². The first-order chi connectivity index (χ1) is 9.19. The van der Waals surface area contributed by atoms with Crippen molar-refractivity contribution in [3.8, 4) is 5.75 Å². The van der Waals surface area contributed by atoms with Gasteiger partial charge in [-0.2, -0.15) is 4.98 Å². The molecular formula is C12H13N3O4. The van der Waals surface area contributed by atoms with E-state index in [4.69, 9.17) is 14.4 Å². The average molecular weight is 263 g/mol. The second-order valence-electron chi connectivity index (χ2n) is 3.86.